The second-order valence-corrected chi connectivity index (χ2v) is 18.3. The smallest absolute Gasteiger partial charge is 0.333 e. The summed E-state index contributed by atoms with van der Waals surface area (Å²) >= 11 is 0. The number of aliphatic hydroxyl groups excluding tert-OH is 1. The molecule has 4 heterocycles. The number of carbonyl (C=O) groups is 9. The molecule has 19 nitrogen and oxygen atoms in total. The molecule has 9 rings (SSSR count). The van der Waals surface area contributed by atoms with Crippen molar-refractivity contribution in [3.05, 3.63) is 199 Å². The van der Waals surface area contributed by atoms with Crippen molar-refractivity contribution in [2.75, 3.05) is 44.5 Å². The van der Waals surface area contributed by atoms with Crippen molar-refractivity contribution in [1.29, 1.82) is 0 Å². The van der Waals surface area contributed by atoms with Crippen molar-refractivity contribution in [3.8, 4) is 11.5 Å². The molecule has 0 saturated heterocycles. The average Bonchev–Trinajstić information content (AvgIpc) is 4.32. The number of aromatic nitrogens is 2. The van der Waals surface area contributed by atoms with Gasteiger partial charge >= 0.3 is 17.9 Å². The minimum absolute atomic E-state index is 0.00907. The topological polar surface area (TPSA) is 252 Å². The van der Waals surface area contributed by atoms with Gasteiger partial charge in [0.25, 0.3) is 23.6 Å². The van der Waals surface area contributed by atoms with Crippen LogP contribution in [-0.4, -0.2) is 119 Å². The first-order valence-corrected chi connectivity index (χ1v) is 25.2. The van der Waals surface area contributed by atoms with Crippen LogP contribution in [0.2, 0.25) is 0 Å². The van der Waals surface area contributed by atoms with E-state index in [2.05, 4.69) is 29.7 Å². The van der Waals surface area contributed by atoms with Gasteiger partial charge in [0, 0.05) is 75.0 Å². The molecule has 0 bridgehead atoms. The van der Waals surface area contributed by atoms with E-state index in [9.17, 15) is 48.3 Å². The molecule has 2 aromatic heterocycles. The summed E-state index contributed by atoms with van der Waals surface area (Å²) in [5.41, 5.74) is 5.04. The number of fused-ring (bicyclic) bond motifs is 3. The first-order chi connectivity index (χ1) is 38.7. The zero-order chi connectivity index (χ0) is 58.8. The summed E-state index contributed by atoms with van der Waals surface area (Å²) in [7, 11) is 0. The molecule has 0 fully saturated rings. The third kappa shape index (κ3) is 16.3. The summed E-state index contributed by atoms with van der Waals surface area (Å²) in [5.74, 6) is -3.07. The fourth-order valence-electron chi connectivity index (χ4n) is 7.65. The highest BCUT2D eigenvalue weighted by molar-refractivity contribution is 6.30. The number of hydrogen-bond acceptors (Lipinski definition) is 17. The number of amides is 4. The van der Waals surface area contributed by atoms with E-state index >= 15 is 0 Å². The Morgan fingerprint density at radius 2 is 1.04 bits per heavy atom. The first-order valence-electron chi connectivity index (χ1n) is 25.2. The number of Topliss-reactive ketones (excluding diaryl/α,β-unsaturated/α-hetero) is 2. The van der Waals surface area contributed by atoms with E-state index in [-0.39, 0.29) is 73.7 Å². The largest absolute Gasteiger partial charge is 0.491 e. The number of pyridine rings is 2. The van der Waals surface area contributed by atoms with E-state index in [1.165, 1.54) is 31.2 Å². The van der Waals surface area contributed by atoms with Crippen molar-refractivity contribution < 1.29 is 71.9 Å². The number of esters is 3. The molecular weight excluding hydrogens is 1040 g/mol. The van der Waals surface area contributed by atoms with Gasteiger partial charge in [-0.2, -0.15) is 0 Å². The predicted octanol–water partition coefficient (Wildman–Crippen LogP) is 7.83. The Balaban J connectivity index is 0.000000185. The van der Waals surface area contributed by atoms with Gasteiger partial charge in [-0.25, -0.2) is 29.3 Å². The van der Waals surface area contributed by atoms with Crippen molar-refractivity contribution in [1.82, 2.24) is 14.9 Å². The molecule has 416 valence electrons. The number of rotatable bonds is 18. The molecule has 0 radical (unpaired) electrons. The number of imide groups is 2. The van der Waals surface area contributed by atoms with Gasteiger partial charge in [-0.05, 0) is 64.1 Å². The highest BCUT2D eigenvalue weighted by Crippen LogP contribution is 2.35. The second kappa shape index (κ2) is 28.6. The monoisotopic (exact) mass is 1100 g/mol. The Morgan fingerprint density at radius 3 is 1.60 bits per heavy atom. The number of nitrogens with zero attached hydrogens (tertiary/aromatic N) is 4. The maximum Gasteiger partial charge on any atom is 0.333 e. The number of carbonyl (C=O) groups excluding carboxylic acids is 9. The molecule has 1 aliphatic carbocycles. The Bertz CT molecular complexity index is 3440. The van der Waals surface area contributed by atoms with Gasteiger partial charge in [-0.3, -0.25) is 33.7 Å². The highest BCUT2D eigenvalue weighted by atomic mass is 16.6. The van der Waals surface area contributed by atoms with Crippen LogP contribution in [0.15, 0.2) is 176 Å². The van der Waals surface area contributed by atoms with Crippen molar-refractivity contribution in [2.24, 2.45) is 0 Å². The van der Waals surface area contributed by atoms with Crippen LogP contribution in [-0.2, 0) is 47.8 Å². The normalized spacial score (nSPS) is 13.5. The lowest BCUT2D eigenvalue weighted by Crippen LogP contribution is -2.33. The van der Waals surface area contributed by atoms with Crippen LogP contribution in [0.3, 0.4) is 0 Å². The summed E-state index contributed by atoms with van der Waals surface area (Å²) in [6.45, 7) is 17.5. The summed E-state index contributed by atoms with van der Waals surface area (Å²) in [5, 5.41) is 11.6. The standard InChI is InChI=1S/C25H21NO5.C17H19NO4.C10H11NO4.C10H7NO2/c1-15(2)25(29)31-14-6-13-30-20-10-5-7-16-11-12-19(26-22(16)20)21-23(27)17-8-3-4-9-18(17)24(21)28;1-11(2)17(20)22-10-14(19)9-21-15-6-4-5-13-8-7-12(3)18-16(13)15;1-7(2)10(14)15-6-5-11-8(12)3-4-9(11)13;12-9-6-7-10(13)11(9)8-4-2-1-3-5-8/h3-5,7-12,21H,1,6,13-14H2,2H3;4-8,14,19H,1,9-10H2,2-3H3;3-4H,1,5-6H2,2H3;1-7H. The van der Waals surface area contributed by atoms with E-state index in [1.54, 1.807) is 80.6 Å². The molecule has 19 heteroatoms. The number of aliphatic hydroxyl groups is 1. The average molecular weight is 1100 g/mol. The lowest BCUT2D eigenvalue weighted by atomic mass is 9.98. The third-order valence-corrected chi connectivity index (χ3v) is 11.7. The van der Waals surface area contributed by atoms with Crippen LogP contribution in [0.1, 0.15) is 65.2 Å². The maximum atomic E-state index is 12.8. The highest BCUT2D eigenvalue weighted by Gasteiger charge is 2.40. The number of ketones is 2. The molecule has 2 aliphatic heterocycles. The molecule has 1 atom stereocenters. The summed E-state index contributed by atoms with van der Waals surface area (Å²) in [6, 6.07) is 34.3. The molecule has 4 amide bonds. The summed E-state index contributed by atoms with van der Waals surface area (Å²) in [4.78, 5) is 115. The first kappa shape index (κ1) is 60.2. The minimum Gasteiger partial charge on any atom is -0.491 e. The lowest BCUT2D eigenvalue weighted by Gasteiger charge is -2.14. The lowest BCUT2D eigenvalue weighted by molar-refractivity contribution is -0.144. The van der Waals surface area contributed by atoms with Crippen LogP contribution in [0.5, 0.6) is 11.5 Å². The molecule has 1 N–H and O–H groups in total. The van der Waals surface area contributed by atoms with Crippen molar-refractivity contribution in [3.63, 3.8) is 0 Å². The van der Waals surface area contributed by atoms with Gasteiger partial charge < -0.3 is 28.8 Å². The zero-order valence-electron chi connectivity index (χ0n) is 45.0. The van der Waals surface area contributed by atoms with Crippen LogP contribution in [0.4, 0.5) is 5.69 Å². The SMILES string of the molecule is C=C(C)C(=O)OCC(O)COc1cccc2ccc(C)nc12.C=C(C)C(=O)OCCCOc1cccc2ccc(C3C(=O)c4ccccc4C3=O)nc12.C=C(C)C(=O)OCCN1C(=O)C=CC1=O.O=C1C=CC(=O)N1c1ccccc1. The van der Waals surface area contributed by atoms with Gasteiger partial charge in [0.2, 0.25) is 0 Å². The number of hydrogen-bond donors (Lipinski definition) is 1. The number of para-hydroxylation sites is 3. The molecular formula is C62H58N4O15. The molecule has 81 heavy (non-hydrogen) atoms. The Kier molecular flexibility index (Phi) is 21.2. The van der Waals surface area contributed by atoms with E-state index in [1.807, 2.05) is 55.5 Å². The Hall–Kier alpha value is -10.0. The number of ether oxygens (including phenoxy) is 5. The fraction of sp³-hybridized carbons (Fsp3) is 0.210. The van der Waals surface area contributed by atoms with E-state index in [4.69, 9.17) is 23.7 Å². The second-order valence-electron chi connectivity index (χ2n) is 18.3. The molecule has 0 spiro atoms. The van der Waals surface area contributed by atoms with Crippen LogP contribution >= 0.6 is 0 Å². The zero-order valence-corrected chi connectivity index (χ0v) is 45.0. The maximum absolute atomic E-state index is 12.8. The molecule has 4 aromatic carbocycles. The van der Waals surface area contributed by atoms with E-state index < -0.39 is 29.9 Å². The Morgan fingerprint density at radius 1 is 0.543 bits per heavy atom. The molecule has 1 unspecified atom stereocenters. The van der Waals surface area contributed by atoms with Crippen LogP contribution < -0.4 is 14.4 Å². The summed E-state index contributed by atoms with van der Waals surface area (Å²) in [6.07, 6.45) is 4.50. The van der Waals surface area contributed by atoms with Gasteiger partial charge in [0.1, 0.15) is 54.4 Å². The molecule has 3 aliphatic rings. The van der Waals surface area contributed by atoms with Gasteiger partial charge in [-0.1, -0.05) is 98.6 Å². The quantitative estimate of drug-likeness (QED) is 0.0215. The van der Waals surface area contributed by atoms with Gasteiger partial charge in [0.05, 0.1) is 31.1 Å². The van der Waals surface area contributed by atoms with Crippen LogP contribution in [0.25, 0.3) is 21.8 Å². The van der Waals surface area contributed by atoms with Crippen LogP contribution in [0, 0.1) is 6.92 Å². The third-order valence-electron chi connectivity index (χ3n) is 11.7. The van der Waals surface area contributed by atoms with Crippen molar-refractivity contribution >= 4 is 80.6 Å². The predicted molar refractivity (Wildman–Crippen MR) is 299 cm³/mol. The van der Waals surface area contributed by atoms with E-state index in [0.29, 0.717) is 63.7 Å². The van der Waals surface area contributed by atoms with E-state index in [0.717, 1.165) is 31.8 Å². The minimum atomic E-state index is -0.934. The van der Waals surface area contributed by atoms with Gasteiger partial charge in [-0.15, -0.1) is 0 Å². The summed E-state index contributed by atoms with van der Waals surface area (Å²) < 4.78 is 26.1. The molecule has 0 saturated carbocycles. The number of aryl methyl sites for hydroxylation is 1. The van der Waals surface area contributed by atoms with Crippen molar-refractivity contribution in [2.45, 2.75) is 46.1 Å². The number of anilines is 1. The number of benzene rings is 4. The molecule has 6 aromatic rings. The van der Waals surface area contributed by atoms with Gasteiger partial charge in [0.15, 0.2) is 11.6 Å². The Labute approximate surface area is 466 Å². The fourth-order valence-corrected chi connectivity index (χ4v) is 7.65.